The number of phenolic OH excluding ortho intramolecular Hbond substituents is 1. The van der Waals surface area contributed by atoms with Crippen LogP contribution < -0.4 is 24.4 Å². The van der Waals surface area contributed by atoms with Crippen LogP contribution in [0.2, 0.25) is 0 Å². The van der Waals surface area contributed by atoms with Crippen molar-refractivity contribution in [3.63, 3.8) is 0 Å². The molecule has 0 amide bonds. The number of aromatic hydroxyl groups is 1. The van der Waals surface area contributed by atoms with Crippen LogP contribution in [0.1, 0.15) is 37.9 Å². The smallest absolute Gasteiger partial charge is 0.338 e. The molecule has 1 atom stereocenters. The number of carbonyl (C=O) groups is 1. The van der Waals surface area contributed by atoms with Crippen LogP contribution in [0.3, 0.4) is 0 Å². The topological polar surface area (TPSA) is 99.4 Å². The van der Waals surface area contributed by atoms with E-state index in [9.17, 15) is 14.7 Å². The van der Waals surface area contributed by atoms with Crippen LogP contribution in [0.4, 0.5) is 0 Å². The Bertz CT molecular complexity index is 1650. The van der Waals surface area contributed by atoms with Crippen LogP contribution in [0.15, 0.2) is 54.3 Å². The molecule has 1 aliphatic rings. The van der Waals surface area contributed by atoms with Gasteiger partial charge in [-0.15, -0.1) is 0 Å². The lowest BCUT2D eigenvalue weighted by molar-refractivity contribution is -0.139. The quantitative estimate of drug-likeness (QED) is 0.267. The number of esters is 1. The number of hydrogen-bond donors (Lipinski definition) is 1. The maximum atomic E-state index is 13.9. The third-order valence-electron chi connectivity index (χ3n) is 5.74. The maximum absolute atomic E-state index is 13.9. The average molecular weight is 778 g/mol. The van der Waals surface area contributed by atoms with Crippen molar-refractivity contribution in [2.45, 2.75) is 26.8 Å². The van der Waals surface area contributed by atoms with Gasteiger partial charge < -0.3 is 19.3 Å². The summed E-state index contributed by atoms with van der Waals surface area (Å²) in [6.07, 6.45) is 1.63. The molecule has 12 heteroatoms. The van der Waals surface area contributed by atoms with Gasteiger partial charge in [-0.1, -0.05) is 43.2 Å². The highest BCUT2D eigenvalue weighted by molar-refractivity contribution is 14.1. The third kappa shape index (κ3) is 5.45. The number of halogens is 3. The molecule has 2 heterocycles. The van der Waals surface area contributed by atoms with Gasteiger partial charge in [-0.2, -0.15) is 0 Å². The maximum Gasteiger partial charge on any atom is 0.338 e. The molecule has 1 aromatic heterocycles. The molecule has 0 unspecified atom stereocenters. The number of fused-ring (bicyclic) bond motifs is 1. The summed E-state index contributed by atoms with van der Waals surface area (Å²) in [4.78, 5) is 32.1. The van der Waals surface area contributed by atoms with Gasteiger partial charge in [0, 0.05) is 14.5 Å². The number of carbonyl (C=O) groups excluding carboxylic acids is 1. The molecule has 1 aliphatic heterocycles. The van der Waals surface area contributed by atoms with Crippen LogP contribution in [0, 0.1) is 3.57 Å². The second kappa shape index (κ2) is 11.9. The van der Waals surface area contributed by atoms with E-state index in [0.717, 1.165) is 4.47 Å². The van der Waals surface area contributed by atoms with E-state index in [1.807, 2.05) is 29.5 Å². The Morgan fingerprint density at radius 1 is 1.21 bits per heavy atom. The van der Waals surface area contributed by atoms with Crippen molar-refractivity contribution < 1.29 is 24.1 Å². The monoisotopic (exact) mass is 776 g/mol. The van der Waals surface area contributed by atoms with Gasteiger partial charge in [0.1, 0.15) is 5.75 Å². The van der Waals surface area contributed by atoms with E-state index < -0.39 is 12.0 Å². The Balaban J connectivity index is 2.02. The normalized spacial score (nSPS) is 15.2. The van der Waals surface area contributed by atoms with E-state index in [4.69, 9.17) is 14.2 Å². The lowest BCUT2D eigenvalue weighted by atomic mass is 9.95. The molecule has 0 saturated heterocycles. The molecule has 4 rings (SSSR count). The van der Waals surface area contributed by atoms with E-state index >= 15 is 0 Å². The number of rotatable bonds is 7. The Morgan fingerprint density at radius 2 is 1.95 bits per heavy atom. The highest BCUT2D eigenvalue weighted by Crippen LogP contribution is 2.41. The van der Waals surface area contributed by atoms with Crippen molar-refractivity contribution in [3.05, 3.63) is 78.9 Å². The molecular formula is C26H23Br2IN2O6S. The lowest BCUT2D eigenvalue weighted by Gasteiger charge is -2.26. The van der Waals surface area contributed by atoms with Crippen LogP contribution in [0.25, 0.3) is 6.08 Å². The highest BCUT2D eigenvalue weighted by atomic mass is 127. The summed E-state index contributed by atoms with van der Waals surface area (Å²) in [5.74, 6) is 0.486. The standard InChI is InChI=1S/C26H23Br2IN2O6S/c1-5-36-19-11-16(28)15(10-18(19)35-4)22-21(25(34)37-6-2)12(3)30-26-31(22)24(33)20(38-26)8-13-7-14(27)9-17(29)23(13)32/h7-11,22,32H,5-6H2,1-4H3/b20-8+/t22-/m0/s1. The van der Waals surface area contributed by atoms with Crippen molar-refractivity contribution in [2.75, 3.05) is 20.3 Å². The Hall–Kier alpha value is -2.16. The molecule has 0 fully saturated rings. The van der Waals surface area contributed by atoms with Gasteiger partial charge in [0.15, 0.2) is 16.3 Å². The number of aromatic nitrogens is 1. The SMILES string of the molecule is CCOC(=O)C1=C(C)N=c2s/c(=C/c3cc(Br)cc(I)c3O)c(=O)n2[C@H]1c1cc(OC)c(OCC)cc1Br. The minimum Gasteiger partial charge on any atom is -0.506 e. The van der Waals surface area contributed by atoms with Gasteiger partial charge in [-0.25, -0.2) is 9.79 Å². The minimum atomic E-state index is -0.845. The molecule has 0 radical (unpaired) electrons. The van der Waals surface area contributed by atoms with E-state index in [2.05, 4.69) is 36.9 Å². The van der Waals surface area contributed by atoms with Crippen LogP contribution in [-0.2, 0) is 9.53 Å². The molecular weight excluding hydrogens is 755 g/mol. The van der Waals surface area contributed by atoms with Gasteiger partial charge in [0.05, 0.1) is 45.7 Å². The third-order valence-corrected chi connectivity index (χ3v) is 8.69. The summed E-state index contributed by atoms with van der Waals surface area (Å²) < 4.78 is 20.5. The van der Waals surface area contributed by atoms with E-state index in [1.165, 1.54) is 23.0 Å². The van der Waals surface area contributed by atoms with Gasteiger partial charge in [0.2, 0.25) is 0 Å². The van der Waals surface area contributed by atoms with Crippen molar-refractivity contribution in [2.24, 2.45) is 4.99 Å². The lowest BCUT2D eigenvalue weighted by Crippen LogP contribution is -2.40. The highest BCUT2D eigenvalue weighted by Gasteiger charge is 2.35. The first-order valence-corrected chi connectivity index (χ1v) is 15.0. The Morgan fingerprint density at radius 3 is 2.61 bits per heavy atom. The fourth-order valence-corrected chi connectivity index (χ4v) is 7.24. The summed E-state index contributed by atoms with van der Waals surface area (Å²) in [6.45, 7) is 5.92. The number of thiazole rings is 1. The Kier molecular flexibility index (Phi) is 9.05. The van der Waals surface area contributed by atoms with Crippen LogP contribution in [0.5, 0.6) is 17.2 Å². The first-order chi connectivity index (χ1) is 18.1. The zero-order chi connectivity index (χ0) is 27.7. The number of phenols is 1. The van der Waals surface area contributed by atoms with Crippen LogP contribution in [-0.4, -0.2) is 36.0 Å². The number of benzene rings is 2. The second-order valence-corrected chi connectivity index (χ2v) is 12.0. The largest absolute Gasteiger partial charge is 0.506 e. The first kappa shape index (κ1) is 28.8. The van der Waals surface area contributed by atoms with E-state index in [-0.39, 0.29) is 23.5 Å². The molecule has 38 heavy (non-hydrogen) atoms. The molecule has 2 aromatic carbocycles. The molecule has 0 aliphatic carbocycles. The van der Waals surface area contributed by atoms with Crippen molar-refractivity contribution >= 4 is 77.8 Å². The number of hydrogen-bond acceptors (Lipinski definition) is 8. The molecule has 200 valence electrons. The van der Waals surface area contributed by atoms with Crippen molar-refractivity contribution in [1.29, 1.82) is 0 Å². The molecule has 3 aromatic rings. The van der Waals surface area contributed by atoms with E-state index in [1.54, 1.807) is 44.2 Å². The molecule has 1 N–H and O–H groups in total. The molecule has 8 nitrogen and oxygen atoms in total. The number of allylic oxidation sites excluding steroid dienone is 1. The Labute approximate surface area is 253 Å². The number of ether oxygens (including phenoxy) is 3. The fourth-order valence-electron chi connectivity index (χ4n) is 4.11. The van der Waals surface area contributed by atoms with Gasteiger partial charge >= 0.3 is 5.97 Å². The summed E-state index contributed by atoms with van der Waals surface area (Å²) in [5, 5.41) is 10.6. The van der Waals surface area contributed by atoms with E-state index in [0.29, 0.717) is 52.3 Å². The second-order valence-electron chi connectivity index (χ2n) is 8.09. The van der Waals surface area contributed by atoms with Gasteiger partial charge in [0.25, 0.3) is 5.56 Å². The summed E-state index contributed by atoms with van der Waals surface area (Å²) in [5.41, 5.74) is 1.42. The minimum absolute atomic E-state index is 0.0681. The molecule has 0 bridgehead atoms. The first-order valence-electron chi connectivity index (χ1n) is 11.5. The van der Waals surface area contributed by atoms with Crippen molar-refractivity contribution in [3.8, 4) is 17.2 Å². The zero-order valence-electron chi connectivity index (χ0n) is 20.8. The molecule has 0 spiro atoms. The summed E-state index contributed by atoms with van der Waals surface area (Å²) >= 11 is 10.3. The fraction of sp³-hybridized carbons (Fsp3) is 0.269. The van der Waals surface area contributed by atoms with Crippen molar-refractivity contribution in [1.82, 2.24) is 4.57 Å². The summed E-state index contributed by atoms with van der Waals surface area (Å²) in [7, 11) is 1.53. The van der Waals surface area contributed by atoms with Gasteiger partial charge in [-0.05, 0) is 79.3 Å². The predicted octanol–water partition coefficient (Wildman–Crippen LogP) is 5.04. The average Bonchev–Trinajstić information content (AvgIpc) is 3.16. The summed E-state index contributed by atoms with van der Waals surface area (Å²) in [6, 6.07) is 6.17. The molecule has 0 saturated carbocycles. The predicted molar refractivity (Wildman–Crippen MR) is 161 cm³/mol. The van der Waals surface area contributed by atoms with Crippen LogP contribution >= 0.6 is 65.8 Å². The zero-order valence-corrected chi connectivity index (χ0v) is 26.9. The number of methoxy groups -OCH3 is 1. The van der Waals surface area contributed by atoms with Gasteiger partial charge in [-0.3, -0.25) is 9.36 Å². The number of nitrogens with zero attached hydrogens (tertiary/aromatic N) is 2.